The lowest BCUT2D eigenvalue weighted by Gasteiger charge is -2.05. The topological polar surface area (TPSA) is 81.4 Å². The Kier molecular flexibility index (Phi) is 8.07. The highest BCUT2D eigenvalue weighted by atomic mass is 32.2. The maximum Gasteiger partial charge on any atom is 0.213 e. The fourth-order valence-corrected chi connectivity index (χ4v) is 1.92. The number of nitrogens with two attached hydrogens (primary N) is 1. The highest BCUT2D eigenvalue weighted by Crippen LogP contribution is 1.93. The van der Waals surface area contributed by atoms with E-state index in [1.165, 1.54) is 7.11 Å². The predicted octanol–water partition coefficient (Wildman–Crippen LogP) is -0.319. The van der Waals surface area contributed by atoms with Crippen molar-refractivity contribution in [1.82, 2.24) is 4.72 Å². The quantitative estimate of drug-likeness (QED) is 0.526. The van der Waals surface area contributed by atoms with Gasteiger partial charge in [-0.15, -0.1) is 0 Å². The molecule has 0 saturated carbocycles. The SMILES string of the molecule is COCCS(=O)(=O)NCCCCCN. The summed E-state index contributed by atoms with van der Waals surface area (Å²) in [4.78, 5) is 0. The van der Waals surface area contributed by atoms with E-state index >= 15 is 0 Å². The average Bonchev–Trinajstić information content (AvgIpc) is 2.15. The second-order valence-electron chi connectivity index (χ2n) is 3.06. The lowest BCUT2D eigenvalue weighted by Crippen LogP contribution is -2.29. The van der Waals surface area contributed by atoms with Crippen LogP contribution < -0.4 is 10.5 Å². The number of methoxy groups -OCH3 is 1. The van der Waals surface area contributed by atoms with Crippen LogP contribution in [-0.2, 0) is 14.8 Å². The van der Waals surface area contributed by atoms with Gasteiger partial charge in [-0.05, 0) is 19.4 Å². The third-order valence-electron chi connectivity index (χ3n) is 1.76. The van der Waals surface area contributed by atoms with Crippen molar-refractivity contribution >= 4 is 10.0 Å². The third-order valence-corrected chi connectivity index (χ3v) is 3.11. The van der Waals surface area contributed by atoms with Crippen LogP contribution in [0.2, 0.25) is 0 Å². The molecule has 0 unspecified atom stereocenters. The Balaban J connectivity index is 3.46. The molecule has 0 amide bonds. The molecule has 0 aromatic carbocycles. The zero-order valence-corrected chi connectivity index (χ0v) is 9.48. The normalized spacial score (nSPS) is 11.9. The molecule has 86 valence electrons. The molecule has 6 heteroatoms. The van der Waals surface area contributed by atoms with Crippen LogP contribution in [0.4, 0.5) is 0 Å². The summed E-state index contributed by atoms with van der Waals surface area (Å²) in [6, 6.07) is 0. The summed E-state index contributed by atoms with van der Waals surface area (Å²) in [6.45, 7) is 1.39. The Morgan fingerprint density at radius 3 is 2.57 bits per heavy atom. The van der Waals surface area contributed by atoms with E-state index in [1.807, 2.05) is 0 Å². The van der Waals surface area contributed by atoms with Crippen molar-refractivity contribution in [2.45, 2.75) is 19.3 Å². The summed E-state index contributed by atoms with van der Waals surface area (Å²) < 4.78 is 29.6. The lowest BCUT2D eigenvalue weighted by molar-refractivity contribution is 0.217. The first kappa shape index (κ1) is 13.8. The Labute approximate surface area is 86.1 Å². The van der Waals surface area contributed by atoms with Crippen molar-refractivity contribution < 1.29 is 13.2 Å². The van der Waals surface area contributed by atoms with Gasteiger partial charge in [0.15, 0.2) is 0 Å². The van der Waals surface area contributed by atoms with Gasteiger partial charge in [0.2, 0.25) is 10.0 Å². The molecule has 0 heterocycles. The Bertz CT molecular complexity index is 217. The maximum atomic E-state index is 11.2. The predicted molar refractivity (Wildman–Crippen MR) is 56.6 cm³/mol. The van der Waals surface area contributed by atoms with Crippen LogP contribution >= 0.6 is 0 Å². The molecule has 0 aliphatic heterocycles. The molecule has 0 bridgehead atoms. The van der Waals surface area contributed by atoms with Crippen LogP contribution in [0.1, 0.15) is 19.3 Å². The van der Waals surface area contributed by atoms with Gasteiger partial charge in [0.1, 0.15) is 0 Å². The van der Waals surface area contributed by atoms with Gasteiger partial charge in [0.05, 0.1) is 12.4 Å². The minimum absolute atomic E-state index is 0.0282. The van der Waals surface area contributed by atoms with Gasteiger partial charge in [-0.1, -0.05) is 6.42 Å². The van der Waals surface area contributed by atoms with E-state index in [-0.39, 0.29) is 12.4 Å². The monoisotopic (exact) mass is 224 g/mol. The average molecular weight is 224 g/mol. The Morgan fingerprint density at radius 2 is 2.00 bits per heavy atom. The Morgan fingerprint density at radius 1 is 1.29 bits per heavy atom. The summed E-state index contributed by atoms with van der Waals surface area (Å²) >= 11 is 0. The molecule has 0 aliphatic carbocycles. The highest BCUT2D eigenvalue weighted by molar-refractivity contribution is 7.89. The molecule has 14 heavy (non-hydrogen) atoms. The first-order valence-electron chi connectivity index (χ1n) is 4.78. The zero-order chi connectivity index (χ0) is 10.9. The van der Waals surface area contributed by atoms with E-state index in [0.29, 0.717) is 13.1 Å². The lowest BCUT2D eigenvalue weighted by atomic mass is 10.2. The van der Waals surface area contributed by atoms with E-state index in [1.54, 1.807) is 0 Å². The maximum absolute atomic E-state index is 11.2. The fourth-order valence-electron chi connectivity index (χ4n) is 0.939. The molecule has 0 spiro atoms. The molecule has 0 radical (unpaired) electrons. The van der Waals surface area contributed by atoms with Crippen LogP contribution in [0, 0.1) is 0 Å². The van der Waals surface area contributed by atoms with E-state index < -0.39 is 10.0 Å². The highest BCUT2D eigenvalue weighted by Gasteiger charge is 2.07. The second kappa shape index (κ2) is 8.16. The van der Waals surface area contributed by atoms with Crippen LogP contribution in [-0.4, -0.2) is 41.0 Å². The summed E-state index contributed by atoms with van der Waals surface area (Å²) in [7, 11) is -1.65. The molecule has 0 rings (SSSR count). The molecule has 0 atom stereocenters. The van der Waals surface area contributed by atoms with Crippen molar-refractivity contribution in [3.8, 4) is 0 Å². The first-order valence-corrected chi connectivity index (χ1v) is 6.44. The van der Waals surface area contributed by atoms with Gasteiger partial charge in [0.25, 0.3) is 0 Å². The molecule has 0 aromatic rings. The second-order valence-corrected chi connectivity index (χ2v) is 4.98. The number of hydrogen-bond acceptors (Lipinski definition) is 4. The van der Waals surface area contributed by atoms with Crippen LogP contribution in [0.5, 0.6) is 0 Å². The summed E-state index contributed by atoms with van der Waals surface area (Å²) in [6.07, 6.45) is 2.74. The van der Waals surface area contributed by atoms with Crippen LogP contribution in [0.3, 0.4) is 0 Å². The van der Waals surface area contributed by atoms with E-state index in [9.17, 15) is 8.42 Å². The molecule has 0 aliphatic rings. The minimum atomic E-state index is -3.14. The summed E-state index contributed by atoms with van der Waals surface area (Å²) in [5, 5.41) is 0. The molecule has 5 nitrogen and oxygen atoms in total. The standard InChI is InChI=1S/C8H20N2O3S/c1-13-7-8-14(11,12)10-6-4-2-3-5-9/h10H,2-9H2,1H3. The van der Waals surface area contributed by atoms with E-state index in [2.05, 4.69) is 9.46 Å². The zero-order valence-electron chi connectivity index (χ0n) is 8.66. The van der Waals surface area contributed by atoms with Crippen molar-refractivity contribution in [3.63, 3.8) is 0 Å². The number of ether oxygens (including phenoxy) is 1. The van der Waals surface area contributed by atoms with Crippen molar-refractivity contribution in [2.24, 2.45) is 5.73 Å². The number of unbranched alkanes of at least 4 members (excludes halogenated alkanes) is 2. The molecule has 0 saturated heterocycles. The number of sulfonamides is 1. The van der Waals surface area contributed by atoms with Gasteiger partial charge >= 0.3 is 0 Å². The minimum Gasteiger partial charge on any atom is -0.384 e. The van der Waals surface area contributed by atoms with E-state index in [4.69, 9.17) is 5.73 Å². The molecular formula is C8H20N2O3S. The van der Waals surface area contributed by atoms with Crippen molar-refractivity contribution in [3.05, 3.63) is 0 Å². The van der Waals surface area contributed by atoms with Gasteiger partial charge in [-0.3, -0.25) is 0 Å². The third kappa shape index (κ3) is 8.43. The molecule has 3 N–H and O–H groups in total. The number of hydrogen-bond donors (Lipinski definition) is 2. The van der Waals surface area contributed by atoms with Crippen LogP contribution in [0.15, 0.2) is 0 Å². The first-order chi connectivity index (χ1) is 6.62. The van der Waals surface area contributed by atoms with Crippen LogP contribution in [0.25, 0.3) is 0 Å². The molecule has 0 fully saturated rings. The molecular weight excluding hydrogens is 204 g/mol. The molecule has 0 aromatic heterocycles. The van der Waals surface area contributed by atoms with Gasteiger partial charge in [-0.2, -0.15) is 0 Å². The van der Waals surface area contributed by atoms with E-state index in [0.717, 1.165) is 19.3 Å². The number of nitrogens with one attached hydrogen (secondary N) is 1. The van der Waals surface area contributed by atoms with Gasteiger partial charge in [-0.25, -0.2) is 13.1 Å². The number of rotatable bonds is 9. The van der Waals surface area contributed by atoms with Crippen molar-refractivity contribution in [1.29, 1.82) is 0 Å². The fraction of sp³-hybridized carbons (Fsp3) is 1.00. The Hall–Kier alpha value is -0.170. The summed E-state index contributed by atoms with van der Waals surface area (Å²) in [5.41, 5.74) is 5.31. The van der Waals surface area contributed by atoms with Gasteiger partial charge < -0.3 is 10.5 Å². The largest absolute Gasteiger partial charge is 0.384 e. The van der Waals surface area contributed by atoms with Gasteiger partial charge in [0, 0.05) is 13.7 Å². The summed E-state index contributed by atoms with van der Waals surface area (Å²) in [5.74, 6) is 0.0282. The smallest absolute Gasteiger partial charge is 0.213 e. The van der Waals surface area contributed by atoms with Crippen molar-refractivity contribution in [2.75, 3.05) is 32.6 Å².